The molecule has 7 heteroatoms. The van der Waals surface area contributed by atoms with Gasteiger partial charge in [0.1, 0.15) is 11.3 Å². The van der Waals surface area contributed by atoms with Gasteiger partial charge in [0.2, 0.25) is 5.76 Å². The molecular weight excluding hydrogens is 336 g/mol. The van der Waals surface area contributed by atoms with E-state index in [4.69, 9.17) is 20.1 Å². The lowest BCUT2D eigenvalue weighted by atomic mass is 9.81. The summed E-state index contributed by atoms with van der Waals surface area (Å²) in [6, 6.07) is 8.97. The van der Waals surface area contributed by atoms with E-state index in [0.29, 0.717) is 25.0 Å². The highest BCUT2D eigenvalue weighted by atomic mass is 16.6. The van der Waals surface area contributed by atoms with E-state index in [0.717, 1.165) is 11.1 Å². The zero-order valence-corrected chi connectivity index (χ0v) is 14.8. The number of hydrogen-bond acceptors (Lipinski definition) is 6. The molecule has 0 amide bonds. The smallest absolute Gasteiger partial charge is 0.374 e. The van der Waals surface area contributed by atoms with Gasteiger partial charge in [0.05, 0.1) is 5.92 Å². The lowest BCUT2D eigenvalue weighted by Crippen LogP contribution is -2.44. The maximum absolute atomic E-state index is 12.1. The van der Waals surface area contributed by atoms with Crippen LogP contribution in [0.5, 0.6) is 0 Å². The number of nitrogens with two attached hydrogens (primary N) is 1. The molecular formula is C19H22N2O5. The van der Waals surface area contributed by atoms with Gasteiger partial charge in [0, 0.05) is 24.1 Å². The Morgan fingerprint density at radius 1 is 1.31 bits per heavy atom. The fraction of sp³-hybridized carbons (Fsp3) is 0.421. The highest BCUT2D eigenvalue weighted by molar-refractivity contribution is 5.85. The summed E-state index contributed by atoms with van der Waals surface area (Å²) >= 11 is 0. The Morgan fingerprint density at radius 3 is 2.50 bits per heavy atom. The standard InChI is InChI=1S/C19H22N2O5/c1-19(2,25-18(24)13-7-14(20)8-13)10-11-3-5-12(6-4-11)15-9-16(17(22)23)26-21-15/h3-6,9,13-14H,7-8,10,20H2,1-2H3,(H,22,23)/t13-,14+. The minimum Gasteiger partial charge on any atom is -0.475 e. The summed E-state index contributed by atoms with van der Waals surface area (Å²) in [6.07, 6.45) is 1.95. The molecule has 1 aromatic heterocycles. The van der Waals surface area contributed by atoms with E-state index in [1.54, 1.807) is 0 Å². The second-order valence-corrected chi connectivity index (χ2v) is 7.36. The van der Waals surface area contributed by atoms with Gasteiger partial charge in [0.25, 0.3) is 0 Å². The number of aromatic carboxylic acids is 1. The zero-order chi connectivity index (χ0) is 18.9. The summed E-state index contributed by atoms with van der Waals surface area (Å²) in [5, 5.41) is 12.6. The summed E-state index contributed by atoms with van der Waals surface area (Å²) in [6.45, 7) is 3.77. The summed E-state index contributed by atoms with van der Waals surface area (Å²) in [5.74, 6) is -1.62. The molecule has 1 fully saturated rings. The average Bonchev–Trinajstić information content (AvgIpc) is 3.02. The largest absolute Gasteiger partial charge is 0.475 e. The van der Waals surface area contributed by atoms with Crippen molar-refractivity contribution in [2.45, 2.75) is 44.8 Å². The SMILES string of the molecule is CC(C)(Cc1ccc(-c2cc(C(=O)O)on2)cc1)OC(=O)[C@H]1C[C@@H](N)C1. The predicted octanol–water partition coefficient (Wildman–Crippen LogP) is 2.64. The molecule has 138 valence electrons. The highest BCUT2D eigenvalue weighted by Crippen LogP contribution is 2.29. The van der Waals surface area contributed by atoms with Crippen LogP contribution in [0.15, 0.2) is 34.9 Å². The van der Waals surface area contributed by atoms with Crippen LogP contribution in [0.2, 0.25) is 0 Å². The molecule has 7 nitrogen and oxygen atoms in total. The van der Waals surface area contributed by atoms with Gasteiger partial charge in [-0.15, -0.1) is 0 Å². The first-order valence-electron chi connectivity index (χ1n) is 8.51. The molecule has 0 bridgehead atoms. The minimum atomic E-state index is -1.16. The highest BCUT2D eigenvalue weighted by Gasteiger charge is 2.36. The maximum atomic E-state index is 12.1. The monoisotopic (exact) mass is 358 g/mol. The zero-order valence-electron chi connectivity index (χ0n) is 14.8. The van der Waals surface area contributed by atoms with Crippen molar-refractivity contribution in [3.63, 3.8) is 0 Å². The Balaban J connectivity index is 1.62. The third kappa shape index (κ3) is 4.11. The quantitative estimate of drug-likeness (QED) is 0.763. The topological polar surface area (TPSA) is 116 Å². The maximum Gasteiger partial charge on any atom is 0.374 e. The van der Waals surface area contributed by atoms with Crippen LogP contribution in [0.4, 0.5) is 0 Å². The number of carboxylic acids is 1. The van der Waals surface area contributed by atoms with E-state index < -0.39 is 11.6 Å². The number of esters is 1. The Morgan fingerprint density at radius 2 is 1.96 bits per heavy atom. The number of rotatable bonds is 6. The molecule has 26 heavy (non-hydrogen) atoms. The van der Waals surface area contributed by atoms with Crippen LogP contribution in [0.1, 0.15) is 42.8 Å². The average molecular weight is 358 g/mol. The molecule has 1 aliphatic rings. The second kappa shape index (κ2) is 6.92. The van der Waals surface area contributed by atoms with Gasteiger partial charge < -0.3 is 20.1 Å². The summed E-state index contributed by atoms with van der Waals surface area (Å²) < 4.78 is 10.4. The number of nitrogens with zero attached hydrogens (tertiary/aromatic N) is 1. The van der Waals surface area contributed by atoms with Crippen molar-refractivity contribution in [3.05, 3.63) is 41.7 Å². The van der Waals surface area contributed by atoms with E-state index in [-0.39, 0.29) is 23.7 Å². The lowest BCUT2D eigenvalue weighted by Gasteiger charge is -2.34. The van der Waals surface area contributed by atoms with Crippen LogP contribution in [0.25, 0.3) is 11.3 Å². The Kier molecular flexibility index (Phi) is 4.82. The van der Waals surface area contributed by atoms with Gasteiger partial charge in [-0.2, -0.15) is 0 Å². The van der Waals surface area contributed by atoms with E-state index >= 15 is 0 Å². The molecule has 1 heterocycles. The second-order valence-electron chi connectivity index (χ2n) is 7.36. The first-order chi connectivity index (χ1) is 12.2. The van der Waals surface area contributed by atoms with Gasteiger partial charge in [0.15, 0.2) is 0 Å². The molecule has 2 aromatic rings. The van der Waals surface area contributed by atoms with Crippen molar-refractivity contribution in [1.29, 1.82) is 0 Å². The molecule has 0 unspecified atom stereocenters. The number of carbonyl (C=O) groups excluding carboxylic acids is 1. The van der Waals surface area contributed by atoms with Crippen molar-refractivity contribution in [2.75, 3.05) is 0 Å². The van der Waals surface area contributed by atoms with Gasteiger partial charge in [-0.1, -0.05) is 29.4 Å². The van der Waals surface area contributed by atoms with Crippen LogP contribution in [-0.2, 0) is 16.0 Å². The third-order valence-corrected chi connectivity index (χ3v) is 4.49. The molecule has 1 aromatic carbocycles. The fourth-order valence-corrected chi connectivity index (χ4v) is 3.04. The van der Waals surface area contributed by atoms with Crippen molar-refractivity contribution < 1.29 is 24.0 Å². The van der Waals surface area contributed by atoms with Crippen LogP contribution >= 0.6 is 0 Å². The van der Waals surface area contributed by atoms with Crippen LogP contribution < -0.4 is 5.73 Å². The molecule has 0 saturated heterocycles. The summed E-state index contributed by atoms with van der Waals surface area (Å²) in [5.41, 5.74) is 7.31. The Bertz CT molecular complexity index is 804. The first-order valence-corrected chi connectivity index (χ1v) is 8.51. The first kappa shape index (κ1) is 18.1. The molecule has 1 saturated carbocycles. The number of benzene rings is 1. The van der Waals surface area contributed by atoms with Gasteiger partial charge in [-0.3, -0.25) is 4.79 Å². The van der Waals surface area contributed by atoms with Crippen LogP contribution in [0.3, 0.4) is 0 Å². The van der Waals surface area contributed by atoms with Gasteiger partial charge >= 0.3 is 11.9 Å². The third-order valence-electron chi connectivity index (χ3n) is 4.49. The molecule has 3 N–H and O–H groups in total. The molecule has 3 rings (SSSR count). The molecule has 0 radical (unpaired) electrons. The number of aromatic nitrogens is 1. The minimum absolute atomic E-state index is 0.0813. The Hall–Kier alpha value is -2.67. The number of carbonyl (C=O) groups is 2. The number of hydrogen-bond donors (Lipinski definition) is 2. The normalized spacial score (nSPS) is 19.7. The van der Waals surface area contributed by atoms with Crippen LogP contribution in [0, 0.1) is 5.92 Å². The van der Waals surface area contributed by atoms with Gasteiger partial charge in [-0.25, -0.2) is 4.79 Å². The van der Waals surface area contributed by atoms with Crippen molar-refractivity contribution in [1.82, 2.24) is 5.16 Å². The molecule has 0 aliphatic heterocycles. The fourth-order valence-electron chi connectivity index (χ4n) is 3.04. The van der Waals surface area contributed by atoms with E-state index in [9.17, 15) is 9.59 Å². The predicted molar refractivity (Wildman–Crippen MR) is 93.5 cm³/mol. The summed E-state index contributed by atoms with van der Waals surface area (Å²) in [4.78, 5) is 23.0. The molecule has 0 atom stereocenters. The van der Waals surface area contributed by atoms with Crippen molar-refractivity contribution >= 4 is 11.9 Å². The number of ether oxygens (including phenoxy) is 1. The summed E-state index contributed by atoms with van der Waals surface area (Å²) in [7, 11) is 0. The molecule has 0 spiro atoms. The van der Waals surface area contributed by atoms with E-state index in [2.05, 4.69) is 5.16 Å². The molecule has 1 aliphatic carbocycles. The van der Waals surface area contributed by atoms with Gasteiger partial charge in [-0.05, 0) is 32.3 Å². The van der Waals surface area contributed by atoms with Crippen molar-refractivity contribution in [2.24, 2.45) is 11.7 Å². The number of carboxylic acid groups (broad SMARTS) is 1. The van der Waals surface area contributed by atoms with E-state index in [1.165, 1.54) is 6.07 Å². The van der Waals surface area contributed by atoms with E-state index in [1.807, 2.05) is 38.1 Å². The Labute approximate surface area is 151 Å². The van der Waals surface area contributed by atoms with Crippen molar-refractivity contribution in [3.8, 4) is 11.3 Å². The lowest BCUT2D eigenvalue weighted by molar-refractivity contribution is -0.165. The van der Waals surface area contributed by atoms with Crippen LogP contribution in [-0.4, -0.2) is 33.8 Å².